The van der Waals surface area contributed by atoms with Crippen molar-refractivity contribution in [2.24, 2.45) is 5.92 Å². The van der Waals surface area contributed by atoms with Crippen molar-refractivity contribution in [3.05, 3.63) is 101 Å². The van der Waals surface area contributed by atoms with E-state index in [2.05, 4.69) is 16.0 Å². The molecule has 1 aliphatic heterocycles. The van der Waals surface area contributed by atoms with Crippen LogP contribution >= 0.6 is 0 Å². The van der Waals surface area contributed by atoms with Crippen molar-refractivity contribution in [2.75, 3.05) is 5.32 Å². The molecule has 4 rings (SSSR count). The van der Waals surface area contributed by atoms with Crippen molar-refractivity contribution in [3.8, 4) is 0 Å². The Bertz CT molecular complexity index is 1250. The topological polar surface area (TPSA) is 87.3 Å². The number of carbonyl (C=O) groups is 3. The minimum Gasteiger partial charge on any atom is -0.342 e. The Kier molecular flexibility index (Phi) is 8.33. The van der Waals surface area contributed by atoms with Gasteiger partial charge in [-0.15, -0.1) is 0 Å². The predicted molar refractivity (Wildman–Crippen MR) is 141 cm³/mol. The van der Waals surface area contributed by atoms with Gasteiger partial charge in [-0.3, -0.25) is 14.4 Å². The maximum Gasteiger partial charge on any atom is 0.247 e. The lowest BCUT2D eigenvalue weighted by Crippen LogP contribution is -2.51. The van der Waals surface area contributed by atoms with Gasteiger partial charge in [-0.2, -0.15) is 0 Å². The molecule has 1 heterocycles. The van der Waals surface area contributed by atoms with E-state index in [1.807, 2.05) is 50.2 Å². The Morgan fingerprint density at radius 1 is 1.00 bits per heavy atom. The highest BCUT2D eigenvalue weighted by molar-refractivity contribution is 6.00. The highest BCUT2D eigenvalue weighted by Gasteiger charge is 2.36. The van der Waals surface area contributed by atoms with E-state index < -0.39 is 35.6 Å². The summed E-state index contributed by atoms with van der Waals surface area (Å²) in [7, 11) is 0. The van der Waals surface area contributed by atoms with Crippen LogP contribution in [0.1, 0.15) is 55.3 Å². The van der Waals surface area contributed by atoms with Gasteiger partial charge in [0, 0.05) is 18.0 Å². The molecule has 0 radical (unpaired) electrons. The molecule has 0 bridgehead atoms. The molecule has 192 valence electrons. The molecule has 0 aliphatic carbocycles. The van der Waals surface area contributed by atoms with Crippen LogP contribution in [-0.2, 0) is 20.8 Å². The molecule has 3 aromatic rings. The average molecular weight is 502 g/mol. The van der Waals surface area contributed by atoms with E-state index in [0.29, 0.717) is 36.4 Å². The Balaban J connectivity index is 1.64. The largest absolute Gasteiger partial charge is 0.342 e. The van der Waals surface area contributed by atoms with E-state index in [1.165, 1.54) is 12.1 Å². The monoisotopic (exact) mass is 501 g/mol. The molecule has 0 aromatic heterocycles. The van der Waals surface area contributed by atoms with Crippen LogP contribution in [0.2, 0.25) is 0 Å². The normalized spacial score (nSPS) is 17.8. The summed E-state index contributed by atoms with van der Waals surface area (Å²) in [6.45, 7) is 4.07. The number of halogens is 1. The maximum atomic E-state index is 13.9. The Labute approximate surface area is 216 Å². The first-order valence-electron chi connectivity index (χ1n) is 12.6. The van der Waals surface area contributed by atoms with Gasteiger partial charge >= 0.3 is 0 Å². The van der Waals surface area contributed by atoms with Gasteiger partial charge in [0.05, 0.1) is 0 Å². The minimum absolute atomic E-state index is 0.231. The molecule has 0 saturated heterocycles. The lowest BCUT2D eigenvalue weighted by Gasteiger charge is -2.28. The third kappa shape index (κ3) is 6.61. The molecular formula is C30H32FN3O3. The first kappa shape index (κ1) is 26.1. The van der Waals surface area contributed by atoms with Crippen LogP contribution in [0, 0.1) is 11.7 Å². The zero-order valence-electron chi connectivity index (χ0n) is 21.0. The van der Waals surface area contributed by atoms with Crippen molar-refractivity contribution in [3.63, 3.8) is 0 Å². The summed E-state index contributed by atoms with van der Waals surface area (Å²) in [6, 6.07) is 20.8. The smallest absolute Gasteiger partial charge is 0.247 e. The van der Waals surface area contributed by atoms with Gasteiger partial charge in [-0.25, -0.2) is 4.39 Å². The van der Waals surface area contributed by atoms with Gasteiger partial charge in [-0.05, 0) is 47.6 Å². The van der Waals surface area contributed by atoms with E-state index in [1.54, 1.807) is 30.3 Å². The number of rotatable bonds is 8. The molecular weight excluding hydrogens is 469 g/mol. The predicted octanol–water partition coefficient (Wildman–Crippen LogP) is 4.88. The molecule has 0 unspecified atom stereocenters. The van der Waals surface area contributed by atoms with Crippen LogP contribution in [0.5, 0.6) is 0 Å². The molecule has 3 atom stereocenters. The zero-order valence-corrected chi connectivity index (χ0v) is 21.0. The highest BCUT2D eigenvalue weighted by Crippen LogP contribution is 2.33. The van der Waals surface area contributed by atoms with Gasteiger partial charge < -0.3 is 16.0 Å². The summed E-state index contributed by atoms with van der Waals surface area (Å²) in [5.41, 5.74) is 2.66. The number of anilines is 1. The molecule has 1 aliphatic rings. The summed E-state index contributed by atoms with van der Waals surface area (Å²) < 4.78 is 13.9. The van der Waals surface area contributed by atoms with Crippen LogP contribution in [-0.4, -0.2) is 23.8 Å². The van der Waals surface area contributed by atoms with Crippen LogP contribution in [0.3, 0.4) is 0 Å². The van der Waals surface area contributed by atoms with Gasteiger partial charge in [0.25, 0.3) is 0 Å². The van der Waals surface area contributed by atoms with Gasteiger partial charge in [0.15, 0.2) is 0 Å². The average Bonchev–Trinajstić information content (AvgIpc) is 3.02. The number of fused-ring (bicyclic) bond motifs is 1. The zero-order chi connectivity index (χ0) is 26.4. The third-order valence-electron chi connectivity index (χ3n) is 6.63. The third-order valence-corrected chi connectivity index (χ3v) is 6.63. The summed E-state index contributed by atoms with van der Waals surface area (Å²) in [4.78, 5) is 39.8. The van der Waals surface area contributed by atoms with Crippen LogP contribution in [0.25, 0.3) is 0 Å². The van der Waals surface area contributed by atoms with Crippen molar-refractivity contribution < 1.29 is 18.8 Å². The molecule has 0 spiro atoms. The van der Waals surface area contributed by atoms with E-state index in [9.17, 15) is 18.8 Å². The Morgan fingerprint density at radius 2 is 1.68 bits per heavy atom. The van der Waals surface area contributed by atoms with Crippen LogP contribution in [0.15, 0.2) is 78.9 Å². The van der Waals surface area contributed by atoms with E-state index in [4.69, 9.17) is 0 Å². The molecule has 0 fully saturated rings. The second-order valence-electron chi connectivity index (χ2n) is 9.84. The summed E-state index contributed by atoms with van der Waals surface area (Å²) in [6.07, 6.45) is 1.41. The van der Waals surface area contributed by atoms with Gasteiger partial charge in [0.1, 0.15) is 17.9 Å². The van der Waals surface area contributed by atoms with E-state index in [-0.39, 0.29) is 5.91 Å². The minimum atomic E-state index is -0.965. The first-order chi connectivity index (χ1) is 17.8. The fourth-order valence-corrected chi connectivity index (χ4v) is 4.60. The molecule has 7 heteroatoms. The Hall–Kier alpha value is -4.00. The van der Waals surface area contributed by atoms with Crippen LogP contribution < -0.4 is 16.0 Å². The van der Waals surface area contributed by atoms with Crippen molar-refractivity contribution in [2.45, 2.75) is 51.1 Å². The summed E-state index contributed by atoms with van der Waals surface area (Å²) >= 11 is 0. The molecule has 3 N–H and O–H groups in total. The second kappa shape index (κ2) is 11.8. The maximum absolute atomic E-state index is 13.9. The lowest BCUT2D eigenvalue weighted by molar-refractivity contribution is -0.131. The number of carbonyl (C=O) groups excluding carboxylic acids is 3. The number of benzene rings is 3. The molecule has 6 nitrogen and oxygen atoms in total. The standard InChI is InChI=1S/C30H32FN3O3/c1-19(2)13-16-26(35)33-27(21-11-7-4-8-12-21)29(36)34-28-24(20-9-5-3-6-10-20)17-22-14-15-23(31)18-25(22)32-30(28)37/h3-12,14-15,18-19,24,27-28H,13,16-17H2,1-2H3,(H,32,37)(H,33,35)(H,34,36)/t24-,27+,28+/m1/s1. The van der Waals surface area contributed by atoms with Gasteiger partial charge in [-0.1, -0.05) is 80.6 Å². The summed E-state index contributed by atoms with van der Waals surface area (Å²) in [5, 5.41) is 8.56. The molecule has 37 heavy (non-hydrogen) atoms. The lowest BCUT2D eigenvalue weighted by atomic mass is 9.86. The highest BCUT2D eigenvalue weighted by atomic mass is 19.1. The second-order valence-corrected chi connectivity index (χ2v) is 9.84. The van der Waals surface area contributed by atoms with Crippen LogP contribution in [0.4, 0.5) is 10.1 Å². The summed E-state index contributed by atoms with van der Waals surface area (Å²) in [5.74, 6) is -1.66. The number of nitrogens with one attached hydrogen (secondary N) is 3. The van der Waals surface area contributed by atoms with Crippen molar-refractivity contribution >= 4 is 23.4 Å². The first-order valence-corrected chi connectivity index (χ1v) is 12.6. The van der Waals surface area contributed by atoms with E-state index in [0.717, 1.165) is 11.1 Å². The molecule has 0 saturated carbocycles. The van der Waals surface area contributed by atoms with Gasteiger partial charge in [0.2, 0.25) is 17.7 Å². The SMILES string of the molecule is CC(C)CCC(=O)N[C@H](C(=O)N[C@@H]1C(=O)Nc2cc(F)ccc2C[C@@H]1c1ccccc1)c1ccccc1. The van der Waals surface area contributed by atoms with E-state index >= 15 is 0 Å². The quantitative estimate of drug-likeness (QED) is 0.411. The number of hydrogen-bond donors (Lipinski definition) is 3. The van der Waals surface area contributed by atoms with Crippen molar-refractivity contribution in [1.82, 2.24) is 10.6 Å². The number of amides is 3. The van der Waals surface area contributed by atoms with Crippen molar-refractivity contribution in [1.29, 1.82) is 0 Å². The molecule has 3 amide bonds. The number of hydrogen-bond acceptors (Lipinski definition) is 3. The fraction of sp³-hybridized carbons (Fsp3) is 0.300. The Morgan fingerprint density at radius 3 is 2.35 bits per heavy atom. The molecule has 3 aromatic carbocycles. The fourth-order valence-electron chi connectivity index (χ4n) is 4.60.